The molecule has 6 nitrogen and oxygen atoms in total. The highest BCUT2D eigenvalue weighted by atomic mass is 16.5. The highest BCUT2D eigenvalue weighted by molar-refractivity contribution is 5.95. The molecule has 5 rings (SSSR count). The number of nitrogens with one attached hydrogen (secondary N) is 1. The third-order valence-corrected chi connectivity index (χ3v) is 6.10. The van der Waals surface area contributed by atoms with Crippen LogP contribution in [0.3, 0.4) is 0 Å². The number of fused-ring (bicyclic) bond motifs is 2. The van der Waals surface area contributed by atoms with E-state index in [2.05, 4.69) is 45.1 Å². The van der Waals surface area contributed by atoms with Crippen LogP contribution in [-0.4, -0.2) is 54.3 Å². The number of nitrogens with zero attached hydrogens (tertiary/aromatic N) is 3. The predicted octanol–water partition coefficient (Wildman–Crippen LogP) is 3.31. The van der Waals surface area contributed by atoms with Gasteiger partial charge in [0, 0.05) is 50.3 Å². The van der Waals surface area contributed by atoms with Crippen LogP contribution in [0.4, 0.5) is 5.69 Å². The standard InChI is InChI=1S/C24H26N4O2/c1-30-19-10-9-18-5-4-8-22(20(18)17-19)27-14-11-26(12-15-27)13-16-28-23-7-3-2-6-21(23)25-24(28)29/h2-10,17H,11-16H2,1H3,(H,25,29). The largest absolute Gasteiger partial charge is 0.497 e. The van der Waals surface area contributed by atoms with Crippen molar-refractivity contribution in [1.29, 1.82) is 0 Å². The Hall–Kier alpha value is -3.25. The first kappa shape index (κ1) is 18.8. The zero-order valence-electron chi connectivity index (χ0n) is 17.2. The number of H-pyrrole nitrogens is 1. The topological polar surface area (TPSA) is 53.5 Å². The van der Waals surface area contributed by atoms with Crippen LogP contribution < -0.4 is 15.3 Å². The van der Waals surface area contributed by atoms with Gasteiger partial charge in [-0.05, 0) is 35.7 Å². The summed E-state index contributed by atoms with van der Waals surface area (Å²) in [5, 5.41) is 2.46. The van der Waals surface area contributed by atoms with E-state index in [4.69, 9.17) is 4.74 Å². The molecule has 0 aliphatic carbocycles. The second kappa shape index (κ2) is 7.88. The summed E-state index contributed by atoms with van der Waals surface area (Å²) in [5.41, 5.74) is 3.11. The molecule has 0 saturated carbocycles. The number of imidazole rings is 1. The molecule has 154 valence electrons. The average Bonchev–Trinajstić information content (AvgIpc) is 3.12. The molecule has 0 amide bonds. The van der Waals surface area contributed by atoms with Crippen molar-refractivity contribution in [3.63, 3.8) is 0 Å². The van der Waals surface area contributed by atoms with Crippen molar-refractivity contribution in [2.24, 2.45) is 0 Å². The number of rotatable bonds is 5. The summed E-state index contributed by atoms with van der Waals surface area (Å²) in [6.07, 6.45) is 0. The van der Waals surface area contributed by atoms with E-state index in [1.807, 2.05) is 34.9 Å². The zero-order chi connectivity index (χ0) is 20.5. The molecule has 4 aromatic rings. The number of benzene rings is 3. The lowest BCUT2D eigenvalue weighted by Gasteiger charge is -2.36. The summed E-state index contributed by atoms with van der Waals surface area (Å²) >= 11 is 0. The third kappa shape index (κ3) is 3.44. The van der Waals surface area contributed by atoms with Crippen molar-refractivity contribution in [3.05, 3.63) is 71.1 Å². The fourth-order valence-electron chi connectivity index (χ4n) is 4.42. The normalized spacial score (nSPS) is 15.2. The second-order valence-electron chi connectivity index (χ2n) is 7.79. The maximum absolute atomic E-state index is 12.3. The Kier molecular flexibility index (Phi) is 4.93. The number of piperazine rings is 1. The smallest absolute Gasteiger partial charge is 0.326 e. The van der Waals surface area contributed by atoms with E-state index in [1.54, 1.807) is 7.11 Å². The van der Waals surface area contributed by atoms with Gasteiger partial charge in [0.25, 0.3) is 0 Å². The molecule has 6 heteroatoms. The second-order valence-corrected chi connectivity index (χ2v) is 7.79. The van der Waals surface area contributed by atoms with E-state index in [0.29, 0.717) is 6.54 Å². The van der Waals surface area contributed by atoms with Crippen molar-refractivity contribution in [1.82, 2.24) is 14.5 Å². The van der Waals surface area contributed by atoms with Gasteiger partial charge < -0.3 is 14.6 Å². The van der Waals surface area contributed by atoms with Crippen LogP contribution in [0.15, 0.2) is 65.5 Å². The summed E-state index contributed by atoms with van der Waals surface area (Å²) in [6, 6.07) is 20.6. The minimum atomic E-state index is -0.0282. The van der Waals surface area contributed by atoms with E-state index >= 15 is 0 Å². The van der Waals surface area contributed by atoms with Crippen molar-refractivity contribution < 1.29 is 4.74 Å². The van der Waals surface area contributed by atoms with Gasteiger partial charge in [0.1, 0.15) is 5.75 Å². The first-order chi connectivity index (χ1) is 14.7. The summed E-state index contributed by atoms with van der Waals surface area (Å²) < 4.78 is 7.28. The molecular weight excluding hydrogens is 376 g/mol. The highest BCUT2D eigenvalue weighted by Gasteiger charge is 2.19. The number of anilines is 1. The minimum Gasteiger partial charge on any atom is -0.497 e. The number of aromatic amines is 1. The number of methoxy groups -OCH3 is 1. The number of hydrogen-bond donors (Lipinski definition) is 1. The van der Waals surface area contributed by atoms with Gasteiger partial charge in [0.15, 0.2) is 0 Å². The van der Waals surface area contributed by atoms with E-state index in [9.17, 15) is 4.79 Å². The van der Waals surface area contributed by atoms with E-state index in [0.717, 1.165) is 49.5 Å². The number of ether oxygens (including phenoxy) is 1. The van der Waals surface area contributed by atoms with Crippen LogP contribution in [0, 0.1) is 0 Å². The highest BCUT2D eigenvalue weighted by Crippen LogP contribution is 2.30. The van der Waals surface area contributed by atoms with Crippen LogP contribution in [0.5, 0.6) is 5.75 Å². The van der Waals surface area contributed by atoms with Crippen molar-refractivity contribution >= 4 is 27.5 Å². The quantitative estimate of drug-likeness (QED) is 0.557. The number of hydrogen-bond acceptors (Lipinski definition) is 4. The van der Waals surface area contributed by atoms with E-state index < -0.39 is 0 Å². The Morgan fingerprint density at radius 1 is 0.933 bits per heavy atom. The summed E-state index contributed by atoms with van der Waals surface area (Å²) in [5.74, 6) is 0.887. The van der Waals surface area contributed by atoms with E-state index in [1.165, 1.54) is 16.5 Å². The molecule has 1 fully saturated rings. The van der Waals surface area contributed by atoms with E-state index in [-0.39, 0.29) is 5.69 Å². The number of aromatic nitrogens is 2. The molecule has 30 heavy (non-hydrogen) atoms. The van der Waals surface area contributed by atoms with Gasteiger partial charge in [-0.25, -0.2) is 4.79 Å². The van der Waals surface area contributed by atoms with Gasteiger partial charge in [0.05, 0.1) is 18.1 Å². The minimum absolute atomic E-state index is 0.0282. The Balaban J connectivity index is 1.27. The molecule has 0 spiro atoms. The molecule has 1 aliphatic heterocycles. The van der Waals surface area contributed by atoms with Gasteiger partial charge in [-0.3, -0.25) is 9.47 Å². The zero-order valence-corrected chi connectivity index (χ0v) is 17.2. The van der Waals surface area contributed by atoms with Crippen LogP contribution in [0.1, 0.15) is 0 Å². The van der Waals surface area contributed by atoms with Gasteiger partial charge in [-0.15, -0.1) is 0 Å². The van der Waals surface area contributed by atoms with Crippen LogP contribution in [-0.2, 0) is 6.54 Å². The summed E-state index contributed by atoms with van der Waals surface area (Å²) in [7, 11) is 1.71. The van der Waals surface area contributed by atoms with Gasteiger partial charge in [-0.2, -0.15) is 0 Å². The maximum Gasteiger partial charge on any atom is 0.326 e. The molecular formula is C24H26N4O2. The molecule has 0 radical (unpaired) electrons. The van der Waals surface area contributed by atoms with Crippen LogP contribution in [0.2, 0.25) is 0 Å². The molecule has 2 heterocycles. The van der Waals surface area contributed by atoms with Gasteiger partial charge in [-0.1, -0.05) is 30.3 Å². The van der Waals surface area contributed by atoms with Crippen LogP contribution >= 0.6 is 0 Å². The molecule has 1 saturated heterocycles. The lowest BCUT2D eigenvalue weighted by molar-refractivity contribution is 0.248. The molecule has 3 aromatic carbocycles. The van der Waals surface area contributed by atoms with Crippen molar-refractivity contribution in [2.45, 2.75) is 6.54 Å². The van der Waals surface area contributed by atoms with Crippen molar-refractivity contribution in [3.8, 4) is 5.75 Å². The Bertz CT molecular complexity index is 1230. The Morgan fingerprint density at radius 2 is 1.77 bits per heavy atom. The monoisotopic (exact) mass is 402 g/mol. The van der Waals surface area contributed by atoms with Crippen molar-refractivity contribution in [2.75, 3.05) is 44.7 Å². The number of para-hydroxylation sites is 2. The first-order valence-electron chi connectivity index (χ1n) is 10.4. The van der Waals surface area contributed by atoms with Gasteiger partial charge in [0.2, 0.25) is 0 Å². The molecule has 0 bridgehead atoms. The Morgan fingerprint density at radius 3 is 2.60 bits per heavy atom. The summed E-state index contributed by atoms with van der Waals surface area (Å²) in [4.78, 5) is 20.1. The molecule has 0 unspecified atom stereocenters. The third-order valence-electron chi connectivity index (χ3n) is 6.10. The fraction of sp³-hybridized carbons (Fsp3) is 0.292. The molecule has 1 aromatic heterocycles. The Labute approximate surface area is 175 Å². The lowest BCUT2D eigenvalue weighted by atomic mass is 10.1. The first-order valence-corrected chi connectivity index (χ1v) is 10.4. The lowest BCUT2D eigenvalue weighted by Crippen LogP contribution is -2.47. The average molecular weight is 402 g/mol. The predicted molar refractivity (Wildman–Crippen MR) is 122 cm³/mol. The van der Waals surface area contributed by atoms with Gasteiger partial charge >= 0.3 is 5.69 Å². The summed E-state index contributed by atoms with van der Waals surface area (Å²) in [6.45, 7) is 5.49. The maximum atomic E-state index is 12.3. The SMILES string of the molecule is COc1ccc2cccc(N3CCN(CCn4c(=O)[nH]c5ccccc54)CC3)c2c1. The molecule has 0 atom stereocenters. The fourth-order valence-corrected chi connectivity index (χ4v) is 4.42. The van der Waals surface area contributed by atoms with Crippen LogP contribution in [0.25, 0.3) is 21.8 Å². The molecule has 1 N–H and O–H groups in total. The molecule has 1 aliphatic rings.